The van der Waals surface area contributed by atoms with Crippen LogP contribution in [-0.4, -0.2) is 26.1 Å². The number of hydrogen-bond donors (Lipinski definition) is 0. The highest BCUT2D eigenvalue weighted by atomic mass is 19.4. The Morgan fingerprint density at radius 1 is 0.706 bits per heavy atom. The number of hydrogen-bond acceptors (Lipinski definition) is 4. The summed E-state index contributed by atoms with van der Waals surface area (Å²) in [6.07, 6.45) is 0.117. The molecular weight excluding hydrogens is 441 g/mol. The number of aromatic nitrogens is 4. The van der Waals surface area contributed by atoms with E-state index in [1.165, 1.54) is 29.2 Å². The summed E-state index contributed by atoms with van der Waals surface area (Å²) in [6, 6.07) is 25.4. The van der Waals surface area contributed by atoms with Crippen LogP contribution in [0.2, 0.25) is 0 Å². The lowest BCUT2D eigenvalue weighted by Gasteiger charge is -2.12. The average molecular weight is 458 g/mol. The van der Waals surface area contributed by atoms with Crippen molar-refractivity contribution in [1.82, 2.24) is 19.7 Å². The third-order valence-electron chi connectivity index (χ3n) is 5.18. The number of rotatable bonds is 5. The van der Waals surface area contributed by atoms with Crippen LogP contribution in [0.15, 0.2) is 104 Å². The molecule has 0 saturated heterocycles. The molecule has 2 aromatic heterocycles. The minimum atomic E-state index is -4.80. The van der Waals surface area contributed by atoms with Crippen molar-refractivity contribution in [3.8, 4) is 45.1 Å². The molecule has 0 aliphatic rings. The Kier molecular flexibility index (Phi) is 5.55. The Hall–Kier alpha value is -4.46. The molecule has 0 fully saturated rings. The van der Waals surface area contributed by atoms with Gasteiger partial charge in [0.1, 0.15) is 12.0 Å². The number of pyridine rings is 1. The fraction of sp³-hybridized carbons (Fsp3) is 0.0385. The highest BCUT2D eigenvalue weighted by Gasteiger charge is 2.32. The molecule has 0 unspecified atom stereocenters. The van der Waals surface area contributed by atoms with Crippen molar-refractivity contribution < 1.29 is 17.9 Å². The second kappa shape index (κ2) is 8.82. The predicted molar refractivity (Wildman–Crippen MR) is 122 cm³/mol. The molecule has 34 heavy (non-hydrogen) atoms. The summed E-state index contributed by atoms with van der Waals surface area (Å²) in [7, 11) is 0. The van der Waals surface area contributed by atoms with E-state index >= 15 is 0 Å². The van der Waals surface area contributed by atoms with Gasteiger partial charge in [0, 0.05) is 23.5 Å². The molecule has 2 heterocycles. The number of benzene rings is 3. The van der Waals surface area contributed by atoms with Crippen molar-refractivity contribution in [3.63, 3.8) is 0 Å². The molecule has 0 radical (unpaired) electrons. The van der Waals surface area contributed by atoms with Gasteiger partial charge in [-0.05, 0) is 34.9 Å². The van der Waals surface area contributed by atoms with E-state index in [1.54, 1.807) is 12.3 Å². The molecule has 0 spiro atoms. The van der Waals surface area contributed by atoms with Gasteiger partial charge in [-0.3, -0.25) is 4.98 Å². The fourth-order valence-corrected chi connectivity index (χ4v) is 3.68. The summed E-state index contributed by atoms with van der Waals surface area (Å²) >= 11 is 0. The van der Waals surface area contributed by atoms with Crippen molar-refractivity contribution in [2.24, 2.45) is 0 Å². The second-order valence-electron chi connectivity index (χ2n) is 7.39. The maximum Gasteiger partial charge on any atom is 0.573 e. The number of alkyl halides is 3. The molecule has 8 heteroatoms. The molecule has 5 rings (SSSR count). The van der Waals surface area contributed by atoms with Crippen LogP contribution in [0.25, 0.3) is 39.3 Å². The van der Waals surface area contributed by atoms with Gasteiger partial charge in [-0.1, -0.05) is 66.7 Å². The third-order valence-corrected chi connectivity index (χ3v) is 5.18. The van der Waals surface area contributed by atoms with Crippen molar-refractivity contribution >= 4 is 0 Å². The first-order chi connectivity index (χ1) is 16.5. The van der Waals surface area contributed by atoms with Gasteiger partial charge >= 0.3 is 6.36 Å². The van der Waals surface area contributed by atoms with E-state index in [-0.39, 0.29) is 11.4 Å². The van der Waals surface area contributed by atoms with Gasteiger partial charge in [-0.25, -0.2) is 9.67 Å². The Morgan fingerprint density at radius 3 is 2.09 bits per heavy atom. The topological polar surface area (TPSA) is 52.8 Å². The van der Waals surface area contributed by atoms with E-state index in [9.17, 15) is 13.2 Å². The van der Waals surface area contributed by atoms with E-state index in [0.29, 0.717) is 5.82 Å². The van der Waals surface area contributed by atoms with Gasteiger partial charge in [0.15, 0.2) is 11.6 Å². The van der Waals surface area contributed by atoms with Crippen LogP contribution in [0, 0.1) is 0 Å². The summed E-state index contributed by atoms with van der Waals surface area (Å²) < 4.78 is 43.6. The zero-order valence-electron chi connectivity index (χ0n) is 17.6. The molecule has 0 N–H and O–H groups in total. The molecule has 0 amide bonds. The van der Waals surface area contributed by atoms with Crippen LogP contribution in [-0.2, 0) is 0 Å². The van der Waals surface area contributed by atoms with Gasteiger partial charge < -0.3 is 4.74 Å². The van der Waals surface area contributed by atoms with Crippen LogP contribution in [0.3, 0.4) is 0 Å². The number of ether oxygens (including phenoxy) is 1. The molecular formula is C26H17F3N4O. The van der Waals surface area contributed by atoms with Crippen LogP contribution in [0.5, 0.6) is 5.75 Å². The summed E-state index contributed by atoms with van der Waals surface area (Å²) in [5, 5.41) is 4.36. The van der Waals surface area contributed by atoms with Gasteiger partial charge in [0.05, 0.1) is 0 Å². The maximum absolute atomic E-state index is 12.8. The second-order valence-corrected chi connectivity index (χ2v) is 7.39. The molecule has 0 atom stereocenters. The standard InChI is InChI=1S/C26H17F3N4O/c27-26(28,29)34-24-10-4-3-9-23(24)33-17-31-25(32-33)19-13-11-18(12-14-19)21-7-1-2-8-22(21)20-6-5-15-30-16-20/h1-17H. The van der Waals surface area contributed by atoms with Crippen molar-refractivity contribution in [1.29, 1.82) is 0 Å². The van der Waals surface area contributed by atoms with E-state index in [0.717, 1.165) is 27.8 Å². The van der Waals surface area contributed by atoms with Gasteiger partial charge in [0.2, 0.25) is 0 Å². The Bertz CT molecular complexity index is 1410. The first-order valence-corrected chi connectivity index (χ1v) is 10.3. The molecule has 5 aromatic rings. The molecule has 0 saturated carbocycles. The number of nitrogens with zero attached hydrogens (tertiary/aromatic N) is 4. The van der Waals surface area contributed by atoms with Crippen molar-refractivity contribution in [3.05, 3.63) is 104 Å². The molecule has 5 nitrogen and oxygen atoms in total. The minimum Gasteiger partial charge on any atom is -0.403 e. The maximum atomic E-state index is 12.8. The average Bonchev–Trinajstić information content (AvgIpc) is 3.34. The summed E-state index contributed by atoms with van der Waals surface area (Å²) in [5.74, 6) is 0.0303. The van der Waals surface area contributed by atoms with Crippen LogP contribution < -0.4 is 4.74 Å². The molecule has 0 aliphatic carbocycles. The zero-order valence-corrected chi connectivity index (χ0v) is 17.6. The Labute approximate surface area is 193 Å². The van der Waals surface area contributed by atoms with E-state index in [2.05, 4.69) is 19.8 Å². The van der Waals surface area contributed by atoms with Crippen molar-refractivity contribution in [2.75, 3.05) is 0 Å². The van der Waals surface area contributed by atoms with E-state index < -0.39 is 6.36 Å². The monoisotopic (exact) mass is 458 g/mol. The molecule has 0 bridgehead atoms. The largest absolute Gasteiger partial charge is 0.573 e. The van der Waals surface area contributed by atoms with Crippen LogP contribution in [0.4, 0.5) is 13.2 Å². The van der Waals surface area contributed by atoms with E-state index in [1.807, 2.05) is 66.9 Å². The lowest BCUT2D eigenvalue weighted by atomic mass is 9.95. The molecule has 168 valence electrons. The quantitative estimate of drug-likeness (QED) is 0.299. The SMILES string of the molecule is FC(F)(F)Oc1ccccc1-n1cnc(-c2ccc(-c3ccccc3-c3cccnc3)cc2)n1. The molecule has 3 aromatic carbocycles. The number of para-hydroxylation sites is 2. The first-order valence-electron chi connectivity index (χ1n) is 10.3. The highest BCUT2D eigenvalue weighted by molar-refractivity contribution is 5.83. The third kappa shape index (κ3) is 4.52. The minimum absolute atomic E-state index is 0.139. The normalized spacial score (nSPS) is 11.4. The van der Waals surface area contributed by atoms with Gasteiger partial charge in [0.25, 0.3) is 0 Å². The summed E-state index contributed by atoms with van der Waals surface area (Å²) in [4.78, 5) is 8.49. The van der Waals surface area contributed by atoms with Crippen LogP contribution in [0.1, 0.15) is 0 Å². The van der Waals surface area contributed by atoms with Crippen LogP contribution >= 0.6 is 0 Å². The molecule has 0 aliphatic heterocycles. The zero-order chi connectivity index (χ0) is 23.5. The van der Waals surface area contributed by atoms with Crippen molar-refractivity contribution in [2.45, 2.75) is 6.36 Å². The Balaban J connectivity index is 1.44. The first kappa shape index (κ1) is 21.4. The Morgan fingerprint density at radius 2 is 1.38 bits per heavy atom. The lowest BCUT2D eigenvalue weighted by Crippen LogP contribution is -2.18. The fourth-order valence-electron chi connectivity index (χ4n) is 3.68. The predicted octanol–water partition coefficient (Wildman–Crippen LogP) is 6.56. The lowest BCUT2D eigenvalue weighted by molar-refractivity contribution is -0.274. The van der Waals surface area contributed by atoms with E-state index in [4.69, 9.17) is 0 Å². The van der Waals surface area contributed by atoms with Gasteiger partial charge in [-0.2, -0.15) is 0 Å². The van der Waals surface area contributed by atoms with Gasteiger partial charge in [-0.15, -0.1) is 18.3 Å². The number of halogens is 3. The summed E-state index contributed by atoms with van der Waals surface area (Å²) in [5.41, 5.74) is 5.01. The smallest absolute Gasteiger partial charge is 0.403 e. The highest BCUT2D eigenvalue weighted by Crippen LogP contribution is 2.33. The summed E-state index contributed by atoms with van der Waals surface area (Å²) in [6.45, 7) is 0.